The minimum atomic E-state index is -0.481. The van der Waals surface area contributed by atoms with Crippen molar-refractivity contribution in [2.45, 2.75) is 11.1 Å². The maximum absolute atomic E-state index is 13.3. The average Bonchev–Trinajstić information content (AvgIpc) is 2.85. The molecule has 1 amide bonds. The van der Waals surface area contributed by atoms with E-state index in [2.05, 4.69) is 15.3 Å². The first-order valence-electron chi connectivity index (χ1n) is 6.63. The van der Waals surface area contributed by atoms with E-state index in [0.717, 1.165) is 9.90 Å². The summed E-state index contributed by atoms with van der Waals surface area (Å²) in [4.78, 5) is 31.0. The molecular weight excluding hydrogens is 337 g/mol. The molecule has 118 valence electrons. The fourth-order valence-corrected chi connectivity index (χ4v) is 3.82. The van der Waals surface area contributed by atoms with Crippen LogP contribution in [-0.4, -0.2) is 22.1 Å². The van der Waals surface area contributed by atoms with Gasteiger partial charge in [-0.25, -0.2) is 9.37 Å². The molecule has 1 aromatic carbocycles. The molecule has 2 heterocycles. The number of hydrogen-bond donors (Lipinski definition) is 2. The van der Waals surface area contributed by atoms with E-state index in [1.54, 1.807) is 11.8 Å². The maximum Gasteiger partial charge on any atom is 0.258 e. The molecule has 2 aromatic heterocycles. The molecule has 0 unspecified atom stereocenters. The molecule has 0 aliphatic rings. The lowest BCUT2D eigenvalue weighted by molar-refractivity contribution is 0.102. The van der Waals surface area contributed by atoms with Crippen molar-refractivity contribution in [3.8, 4) is 0 Å². The fourth-order valence-electron chi connectivity index (χ4n) is 2.21. The van der Waals surface area contributed by atoms with Gasteiger partial charge >= 0.3 is 0 Å². The fraction of sp³-hybridized carbons (Fsp3) is 0.133. The summed E-state index contributed by atoms with van der Waals surface area (Å²) in [6.07, 6.45) is 1.94. The van der Waals surface area contributed by atoms with E-state index in [4.69, 9.17) is 0 Å². The van der Waals surface area contributed by atoms with Crippen LogP contribution >= 0.6 is 23.1 Å². The van der Waals surface area contributed by atoms with Crippen LogP contribution in [0.4, 0.5) is 9.52 Å². The number of amides is 1. The molecule has 0 spiro atoms. The lowest BCUT2D eigenvalue weighted by atomic mass is 10.1. The average molecular weight is 349 g/mol. The molecule has 0 aliphatic carbocycles. The Morgan fingerprint density at radius 2 is 2.17 bits per heavy atom. The number of halogens is 1. The van der Waals surface area contributed by atoms with Gasteiger partial charge in [-0.1, -0.05) is 11.3 Å². The van der Waals surface area contributed by atoms with Crippen LogP contribution in [0.25, 0.3) is 10.9 Å². The summed E-state index contributed by atoms with van der Waals surface area (Å²) < 4.78 is 14.3. The number of pyridine rings is 1. The molecule has 2 N–H and O–H groups in total. The Morgan fingerprint density at radius 3 is 2.87 bits per heavy atom. The summed E-state index contributed by atoms with van der Waals surface area (Å²) in [6.45, 7) is 1.86. The molecule has 3 aromatic rings. The van der Waals surface area contributed by atoms with E-state index >= 15 is 0 Å². The van der Waals surface area contributed by atoms with Crippen molar-refractivity contribution in [3.05, 3.63) is 51.7 Å². The summed E-state index contributed by atoms with van der Waals surface area (Å²) in [7, 11) is 0. The van der Waals surface area contributed by atoms with Crippen LogP contribution in [0, 0.1) is 12.7 Å². The van der Waals surface area contributed by atoms with Gasteiger partial charge in [0.2, 0.25) is 5.56 Å². The molecule has 8 heteroatoms. The number of thiazole rings is 1. The molecule has 0 saturated carbocycles. The summed E-state index contributed by atoms with van der Waals surface area (Å²) in [6, 6.07) is 5.10. The number of aryl methyl sites for hydroxylation is 1. The first-order valence-corrected chi connectivity index (χ1v) is 8.67. The Balaban J connectivity index is 2.01. The van der Waals surface area contributed by atoms with E-state index in [0.29, 0.717) is 10.5 Å². The molecule has 0 radical (unpaired) electrons. The summed E-state index contributed by atoms with van der Waals surface area (Å²) in [5.41, 5.74) is 0.842. The highest BCUT2D eigenvalue weighted by atomic mass is 32.2. The van der Waals surface area contributed by atoms with Crippen LogP contribution in [-0.2, 0) is 0 Å². The van der Waals surface area contributed by atoms with E-state index in [1.165, 1.54) is 35.6 Å². The second-order valence-electron chi connectivity index (χ2n) is 4.79. The number of fused-ring (bicyclic) bond motifs is 1. The van der Waals surface area contributed by atoms with Crippen molar-refractivity contribution in [1.82, 2.24) is 9.97 Å². The SMILES string of the molecule is CSc1sc(NC(=O)c2cc(=O)[nH]c3cc(F)ccc23)nc1C. The van der Waals surface area contributed by atoms with Gasteiger partial charge in [-0.15, -0.1) is 11.8 Å². The van der Waals surface area contributed by atoms with Gasteiger partial charge in [0.1, 0.15) is 5.82 Å². The van der Waals surface area contributed by atoms with Gasteiger partial charge < -0.3 is 4.98 Å². The van der Waals surface area contributed by atoms with E-state index in [-0.39, 0.29) is 11.1 Å². The quantitative estimate of drug-likeness (QED) is 0.711. The Bertz CT molecular complexity index is 965. The molecule has 0 atom stereocenters. The molecule has 23 heavy (non-hydrogen) atoms. The molecule has 5 nitrogen and oxygen atoms in total. The van der Waals surface area contributed by atoms with Gasteiger partial charge in [0.05, 0.1) is 21.0 Å². The van der Waals surface area contributed by atoms with Crippen LogP contribution < -0.4 is 10.9 Å². The standard InChI is InChI=1S/C15H12FN3O2S2/c1-7-14(22-2)23-15(17-7)19-13(21)10-6-12(20)18-11-5-8(16)3-4-9(10)11/h3-6H,1-2H3,(H,18,20)(H,17,19,21). The molecule has 0 aliphatic heterocycles. The van der Waals surface area contributed by atoms with Crippen molar-refractivity contribution in [3.63, 3.8) is 0 Å². The maximum atomic E-state index is 13.3. The molecule has 3 rings (SSSR count). The van der Waals surface area contributed by atoms with E-state index in [1.807, 2.05) is 13.2 Å². The predicted molar refractivity (Wildman–Crippen MR) is 91.1 cm³/mol. The number of carbonyl (C=O) groups is 1. The van der Waals surface area contributed by atoms with Gasteiger partial charge in [0.15, 0.2) is 5.13 Å². The summed E-state index contributed by atoms with van der Waals surface area (Å²) >= 11 is 2.92. The minimum absolute atomic E-state index is 0.183. The van der Waals surface area contributed by atoms with Crippen molar-refractivity contribution in [1.29, 1.82) is 0 Å². The zero-order valence-electron chi connectivity index (χ0n) is 12.3. The third-order valence-electron chi connectivity index (χ3n) is 3.21. The topological polar surface area (TPSA) is 74.8 Å². The predicted octanol–water partition coefficient (Wildman–Crippen LogP) is 3.41. The molecule has 0 saturated heterocycles. The third-order valence-corrected chi connectivity index (χ3v) is 5.49. The number of hydrogen-bond acceptors (Lipinski definition) is 5. The number of benzene rings is 1. The number of aromatic amines is 1. The zero-order chi connectivity index (χ0) is 16.6. The number of rotatable bonds is 3. The van der Waals surface area contributed by atoms with Crippen LogP contribution in [0.2, 0.25) is 0 Å². The van der Waals surface area contributed by atoms with Gasteiger partial charge in [-0.2, -0.15) is 0 Å². The summed E-state index contributed by atoms with van der Waals surface area (Å²) in [5.74, 6) is -0.931. The minimum Gasteiger partial charge on any atom is -0.322 e. The highest BCUT2D eigenvalue weighted by Crippen LogP contribution is 2.30. The number of anilines is 1. The number of H-pyrrole nitrogens is 1. The number of aromatic nitrogens is 2. The van der Waals surface area contributed by atoms with Crippen molar-refractivity contribution < 1.29 is 9.18 Å². The Kier molecular flexibility index (Phi) is 4.18. The lowest BCUT2D eigenvalue weighted by Crippen LogP contribution is -2.16. The van der Waals surface area contributed by atoms with Gasteiger partial charge in [-0.05, 0) is 31.4 Å². The summed E-state index contributed by atoms with van der Waals surface area (Å²) in [5, 5.41) is 3.64. The van der Waals surface area contributed by atoms with Crippen LogP contribution in [0.5, 0.6) is 0 Å². The third kappa shape index (κ3) is 3.13. The first-order chi connectivity index (χ1) is 11.0. The highest BCUT2D eigenvalue weighted by Gasteiger charge is 2.15. The molecular formula is C15H12FN3O2S2. The van der Waals surface area contributed by atoms with Gasteiger partial charge in [0.25, 0.3) is 5.91 Å². The highest BCUT2D eigenvalue weighted by molar-refractivity contribution is 8.00. The van der Waals surface area contributed by atoms with E-state index in [9.17, 15) is 14.0 Å². The number of nitrogens with one attached hydrogen (secondary N) is 2. The first kappa shape index (κ1) is 15.7. The monoisotopic (exact) mass is 349 g/mol. The van der Waals surface area contributed by atoms with Crippen molar-refractivity contribution in [2.24, 2.45) is 0 Å². The largest absolute Gasteiger partial charge is 0.322 e. The van der Waals surface area contributed by atoms with Crippen LogP contribution in [0.15, 0.2) is 33.3 Å². The second kappa shape index (κ2) is 6.13. The Labute approximate surface area is 139 Å². The molecule has 0 fully saturated rings. The van der Waals surface area contributed by atoms with Crippen LogP contribution in [0.1, 0.15) is 16.1 Å². The Hall–Kier alpha value is -2.19. The second-order valence-corrected chi connectivity index (χ2v) is 6.86. The number of thioether (sulfide) groups is 1. The zero-order valence-corrected chi connectivity index (χ0v) is 13.9. The lowest BCUT2D eigenvalue weighted by Gasteiger charge is -2.06. The molecule has 0 bridgehead atoms. The Morgan fingerprint density at radius 1 is 1.39 bits per heavy atom. The van der Waals surface area contributed by atoms with Gasteiger partial charge in [-0.3, -0.25) is 14.9 Å². The van der Waals surface area contributed by atoms with Gasteiger partial charge in [0, 0.05) is 11.5 Å². The van der Waals surface area contributed by atoms with Crippen molar-refractivity contribution in [2.75, 3.05) is 11.6 Å². The normalized spacial score (nSPS) is 10.9. The smallest absolute Gasteiger partial charge is 0.258 e. The van der Waals surface area contributed by atoms with Crippen molar-refractivity contribution >= 4 is 45.0 Å². The van der Waals surface area contributed by atoms with E-state index < -0.39 is 17.3 Å². The number of carbonyl (C=O) groups excluding carboxylic acids is 1. The van der Waals surface area contributed by atoms with Crippen LogP contribution in [0.3, 0.4) is 0 Å². The number of nitrogens with zero attached hydrogens (tertiary/aromatic N) is 1.